The van der Waals surface area contributed by atoms with Crippen molar-refractivity contribution in [2.24, 2.45) is 0 Å². The maximum Gasteiger partial charge on any atom is 0.243 e. The van der Waals surface area contributed by atoms with E-state index in [1.165, 1.54) is 12.1 Å². The summed E-state index contributed by atoms with van der Waals surface area (Å²) in [5.41, 5.74) is 0. The van der Waals surface area contributed by atoms with Gasteiger partial charge in [0.1, 0.15) is 11.9 Å². The van der Waals surface area contributed by atoms with Gasteiger partial charge in [-0.25, -0.2) is 12.8 Å². The first-order valence-electron chi connectivity index (χ1n) is 8.18. The average molecular weight is 371 g/mol. The SMILES string of the molecule is CCCNC(=O)CNC(=O)[C@@H]1CCCN1S(=O)(=O)c1ccc(F)cc1. The molecule has 7 nitrogen and oxygen atoms in total. The van der Waals surface area contributed by atoms with E-state index in [1.54, 1.807) is 0 Å². The van der Waals surface area contributed by atoms with Crippen LogP contribution in [0.5, 0.6) is 0 Å². The highest BCUT2D eigenvalue weighted by Gasteiger charge is 2.39. The summed E-state index contributed by atoms with van der Waals surface area (Å²) in [6, 6.07) is 3.62. The van der Waals surface area contributed by atoms with Crippen LogP contribution in [0.15, 0.2) is 29.2 Å². The predicted molar refractivity (Wildman–Crippen MR) is 89.6 cm³/mol. The molecule has 2 N–H and O–H groups in total. The van der Waals surface area contributed by atoms with Crippen molar-refractivity contribution in [2.45, 2.75) is 37.1 Å². The van der Waals surface area contributed by atoms with Crippen LogP contribution in [0.2, 0.25) is 0 Å². The lowest BCUT2D eigenvalue weighted by Gasteiger charge is -2.23. The predicted octanol–water partition coefficient (Wildman–Crippen LogP) is 0.621. The minimum Gasteiger partial charge on any atom is -0.355 e. The van der Waals surface area contributed by atoms with Gasteiger partial charge in [-0.1, -0.05) is 6.92 Å². The molecule has 0 spiro atoms. The lowest BCUT2D eigenvalue weighted by molar-refractivity contribution is -0.128. The second-order valence-corrected chi connectivity index (χ2v) is 7.69. The van der Waals surface area contributed by atoms with Crippen molar-refractivity contribution in [3.63, 3.8) is 0 Å². The number of carbonyl (C=O) groups excluding carboxylic acids is 2. The van der Waals surface area contributed by atoms with Crippen molar-refractivity contribution < 1.29 is 22.4 Å². The van der Waals surface area contributed by atoms with E-state index in [-0.39, 0.29) is 23.9 Å². The highest BCUT2D eigenvalue weighted by molar-refractivity contribution is 7.89. The number of halogens is 1. The third-order valence-electron chi connectivity index (χ3n) is 3.92. The lowest BCUT2D eigenvalue weighted by Crippen LogP contribution is -2.48. The lowest BCUT2D eigenvalue weighted by atomic mass is 10.2. The molecule has 1 fully saturated rings. The Bertz CT molecular complexity index is 721. The van der Waals surface area contributed by atoms with Crippen molar-refractivity contribution in [1.29, 1.82) is 0 Å². The molecule has 2 rings (SSSR count). The second-order valence-electron chi connectivity index (χ2n) is 5.80. The molecule has 138 valence electrons. The van der Waals surface area contributed by atoms with Gasteiger partial charge in [-0.2, -0.15) is 4.31 Å². The average Bonchev–Trinajstić information content (AvgIpc) is 3.09. The normalized spacial score (nSPS) is 18.1. The number of hydrogen-bond acceptors (Lipinski definition) is 4. The molecule has 0 bridgehead atoms. The van der Waals surface area contributed by atoms with Gasteiger partial charge in [0.25, 0.3) is 0 Å². The largest absolute Gasteiger partial charge is 0.355 e. The van der Waals surface area contributed by atoms with E-state index in [0.29, 0.717) is 19.4 Å². The topological polar surface area (TPSA) is 95.6 Å². The van der Waals surface area contributed by atoms with Crippen molar-refractivity contribution in [1.82, 2.24) is 14.9 Å². The van der Waals surface area contributed by atoms with Gasteiger partial charge >= 0.3 is 0 Å². The molecule has 0 aliphatic carbocycles. The van der Waals surface area contributed by atoms with Crippen LogP contribution in [-0.4, -0.2) is 50.2 Å². The van der Waals surface area contributed by atoms with E-state index in [4.69, 9.17) is 0 Å². The quantitative estimate of drug-likeness (QED) is 0.735. The van der Waals surface area contributed by atoms with Crippen molar-refractivity contribution in [3.8, 4) is 0 Å². The molecule has 1 saturated heterocycles. The number of carbonyl (C=O) groups is 2. The fourth-order valence-electron chi connectivity index (χ4n) is 2.64. The molecule has 1 aromatic carbocycles. The van der Waals surface area contributed by atoms with Crippen LogP contribution in [-0.2, 0) is 19.6 Å². The van der Waals surface area contributed by atoms with Crippen LogP contribution in [0.3, 0.4) is 0 Å². The zero-order chi connectivity index (χ0) is 18.4. The van der Waals surface area contributed by atoms with E-state index >= 15 is 0 Å². The maximum atomic E-state index is 13.0. The summed E-state index contributed by atoms with van der Waals surface area (Å²) in [6.07, 6.45) is 1.70. The Morgan fingerprint density at radius 2 is 1.92 bits per heavy atom. The van der Waals surface area contributed by atoms with Crippen molar-refractivity contribution in [2.75, 3.05) is 19.6 Å². The molecular weight excluding hydrogens is 349 g/mol. The first-order chi connectivity index (χ1) is 11.9. The number of nitrogens with zero attached hydrogens (tertiary/aromatic N) is 1. The number of amides is 2. The minimum absolute atomic E-state index is 0.0608. The monoisotopic (exact) mass is 371 g/mol. The van der Waals surface area contributed by atoms with Crippen LogP contribution in [0.25, 0.3) is 0 Å². The Labute approximate surface area is 146 Å². The number of rotatable bonds is 7. The van der Waals surface area contributed by atoms with Gasteiger partial charge in [0.15, 0.2) is 0 Å². The number of nitrogens with one attached hydrogen (secondary N) is 2. The van der Waals surface area contributed by atoms with Crippen LogP contribution in [0, 0.1) is 5.82 Å². The third-order valence-corrected chi connectivity index (χ3v) is 5.84. The van der Waals surface area contributed by atoms with Crippen LogP contribution < -0.4 is 10.6 Å². The minimum atomic E-state index is -3.90. The van der Waals surface area contributed by atoms with Gasteiger partial charge < -0.3 is 10.6 Å². The number of sulfonamides is 1. The molecular formula is C16H22FN3O4S. The standard InChI is InChI=1S/C16H22FN3O4S/c1-2-9-18-15(21)11-19-16(22)14-4-3-10-20(14)25(23,24)13-7-5-12(17)6-8-13/h5-8,14H,2-4,9-11H2,1H3,(H,18,21)(H,19,22)/t14-/m0/s1. The number of hydrogen-bond donors (Lipinski definition) is 2. The molecule has 1 aromatic rings. The summed E-state index contributed by atoms with van der Waals surface area (Å²) in [4.78, 5) is 23.8. The summed E-state index contributed by atoms with van der Waals surface area (Å²) in [5.74, 6) is -1.36. The molecule has 25 heavy (non-hydrogen) atoms. The first kappa shape index (κ1) is 19.3. The number of benzene rings is 1. The van der Waals surface area contributed by atoms with E-state index < -0.39 is 27.8 Å². The molecule has 0 unspecified atom stereocenters. The molecule has 2 amide bonds. The van der Waals surface area contributed by atoms with Gasteiger partial charge in [0, 0.05) is 13.1 Å². The Kier molecular flexibility index (Phi) is 6.49. The highest BCUT2D eigenvalue weighted by atomic mass is 32.2. The van der Waals surface area contributed by atoms with Crippen molar-refractivity contribution in [3.05, 3.63) is 30.1 Å². The summed E-state index contributed by atoms with van der Waals surface area (Å²) in [6.45, 7) is 2.44. The van der Waals surface area contributed by atoms with Crippen LogP contribution >= 0.6 is 0 Å². The van der Waals surface area contributed by atoms with Crippen LogP contribution in [0.4, 0.5) is 4.39 Å². The molecule has 0 radical (unpaired) electrons. The second kappa shape index (κ2) is 8.39. The summed E-state index contributed by atoms with van der Waals surface area (Å²) in [7, 11) is -3.90. The van der Waals surface area contributed by atoms with Crippen molar-refractivity contribution >= 4 is 21.8 Å². The zero-order valence-corrected chi connectivity index (χ0v) is 14.8. The fraction of sp³-hybridized carbons (Fsp3) is 0.500. The third kappa shape index (κ3) is 4.76. The molecule has 0 aromatic heterocycles. The summed E-state index contributed by atoms with van der Waals surface area (Å²) >= 11 is 0. The molecule has 1 aliphatic rings. The summed E-state index contributed by atoms with van der Waals surface area (Å²) < 4.78 is 39.5. The van der Waals surface area contributed by atoms with E-state index in [2.05, 4.69) is 10.6 Å². The fourth-order valence-corrected chi connectivity index (χ4v) is 4.30. The Balaban J connectivity index is 2.05. The molecule has 1 aliphatic heterocycles. The van der Waals surface area contributed by atoms with Gasteiger partial charge in [0.2, 0.25) is 21.8 Å². The van der Waals surface area contributed by atoms with Gasteiger partial charge in [-0.05, 0) is 43.5 Å². The Morgan fingerprint density at radius 1 is 1.24 bits per heavy atom. The Morgan fingerprint density at radius 3 is 2.56 bits per heavy atom. The van der Waals surface area contributed by atoms with Gasteiger partial charge in [-0.15, -0.1) is 0 Å². The van der Waals surface area contributed by atoms with Crippen LogP contribution in [0.1, 0.15) is 26.2 Å². The zero-order valence-electron chi connectivity index (χ0n) is 14.0. The van der Waals surface area contributed by atoms with E-state index in [0.717, 1.165) is 22.9 Å². The molecule has 9 heteroatoms. The smallest absolute Gasteiger partial charge is 0.243 e. The summed E-state index contributed by atoms with van der Waals surface area (Å²) in [5, 5.41) is 5.11. The first-order valence-corrected chi connectivity index (χ1v) is 9.62. The van der Waals surface area contributed by atoms with E-state index in [9.17, 15) is 22.4 Å². The highest BCUT2D eigenvalue weighted by Crippen LogP contribution is 2.26. The van der Waals surface area contributed by atoms with E-state index in [1.807, 2.05) is 6.92 Å². The van der Waals surface area contributed by atoms with Gasteiger partial charge in [-0.3, -0.25) is 9.59 Å². The molecule has 1 heterocycles. The molecule has 1 atom stereocenters. The molecule has 0 saturated carbocycles. The Hall–Kier alpha value is -2.00. The van der Waals surface area contributed by atoms with Gasteiger partial charge in [0.05, 0.1) is 11.4 Å². The maximum absolute atomic E-state index is 13.0.